The quantitative estimate of drug-likeness (QED) is 0.840. The van der Waals surface area contributed by atoms with E-state index in [2.05, 4.69) is 4.90 Å². The molecule has 1 aromatic rings. The number of piperidine rings is 1. The molecular formula is C20H28N2O3. The summed E-state index contributed by atoms with van der Waals surface area (Å²) < 4.78 is 11.8. The normalized spacial score (nSPS) is 25.8. The Balaban J connectivity index is 1.23. The van der Waals surface area contributed by atoms with Gasteiger partial charge >= 0.3 is 0 Å². The molecule has 1 aromatic carbocycles. The molecule has 3 heterocycles. The van der Waals surface area contributed by atoms with Crippen LogP contribution in [0.25, 0.3) is 0 Å². The lowest BCUT2D eigenvalue weighted by atomic mass is 9.88. The number of nitrogens with zero attached hydrogens (tertiary/aromatic N) is 2. The number of hydrogen-bond donors (Lipinski definition) is 0. The molecule has 3 fully saturated rings. The third-order valence-corrected chi connectivity index (χ3v) is 5.76. The average Bonchev–Trinajstić information content (AvgIpc) is 3.05. The molecule has 5 heteroatoms. The fourth-order valence-electron chi connectivity index (χ4n) is 4.33. The van der Waals surface area contributed by atoms with Gasteiger partial charge in [0.2, 0.25) is 0 Å². The summed E-state index contributed by atoms with van der Waals surface area (Å²) in [6, 6.07) is 8.35. The van der Waals surface area contributed by atoms with Crippen LogP contribution in [0.15, 0.2) is 24.3 Å². The molecule has 0 N–H and O–H groups in total. The second kappa shape index (κ2) is 6.96. The zero-order valence-electron chi connectivity index (χ0n) is 15.1. The van der Waals surface area contributed by atoms with E-state index < -0.39 is 0 Å². The van der Waals surface area contributed by atoms with Gasteiger partial charge in [0.15, 0.2) is 6.61 Å². The minimum absolute atomic E-state index is 0.0529. The number of likely N-dealkylation sites (tertiary alicyclic amines) is 2. The maximum atomic E-state index is 12.3. The summed E-state index contributed by atoms with van der Waals surface area (Å²) in [6.45, 7) is 6.79. The number of hydrogen-bond acceptors (Lipinski definition) is 4. The summed E-state index contributed by atoms with van der Waals surface area (Å²) in [5.41, 5.74) is 1.04. The molecular weight excluding hydrogens is 316 g/mol. The molecule has 4 rings (SSSR count). The first-order valence-electron chi connectivity index (χ1n) is 9.49. The van der Waals surface area contributed by atoms with Crippen molar-refractivity contribution in [1.29, 1.82) is 0 Å². The van der Waals surface area contributed by atoms with E-state index in [-0.39, 0.29) is 18.1 Å². The molecule has 1 spiro atoms. The summed E-state index contributed by atoms with van der Waals surface area (Å²) in [7, 11) is 0. The largest absolute Gasteiger partial charge is 0.484 e. The van der Waals surface area contributed by atoms with Crippen molar-refractivity contribution in [2.75, 3.05) is 39.4 Å². The third-order valence-electron chi connectivity index (χ3n) is 5.76. The van der Waals surface area contributed by atoms with Crippen LogP contribution in [-0.2, 0) is 9.53 Å². The summed E-state index contributed by atoms with van der Waals surface area (Å²) in [5, 5.41) is 0. The Hall–Kier alpha value is -1.59. The van der Waals surface area contributed by atoms with Gasteiger partial charge < -0.3 is 14.4 Å². The van der Waals surface area contributed by atoms with Crippen LogP contribution in [0.5, 0.6) is 5.75 Å². The number of aryl methyl sites for hydroxylation is 1. The van der Waals surface area contributed by atoms with Crippen molar-refractivity contribution in [3.05, 3.63) is 29.8 Å². The highest BCUT2D eigenvalue weighted by Gasteiger charge is 2.52. The van der Waals surface area contributed by atoms with E-state index in [0.29, 0.717) is 19.1 Å². The standard InChI is InChI=1S/C20H28N2O3/c1-16-6-5-7-18(10-16)24-13-19(23)22-14-20(15-22)11-17(12-25-20)21-8-3-2-4-9-21/h5-7,10,17H,2-4,8-9,11-15H2,1H3. The van der Waals surface area contributed by atoms with Crippen LogP contribution >= 0.6 is 0 Å². The average molecular weight is 344 g/mol. The molecule has 0 aromatic heterocycles. The lowest BCUT2D eigenvalue weighted by molar-refractivity contribution is -0.159. The molecule has 3 saturated heterocycles. The Labute approximate surface area is 149 Å². The maximum Gasteiger partial charge on any atom is 0.260 e. The molecule has 1 atom stereocenters. The highest BCUT2D eigenvalue weighted by atomic mass is 16.5. The molecule has 3 aliphatic rings. The van der Waals surface area contributed by atoms with Gasteiger partial charge in [0.05, 0.1) is 19.7 Å². The lowest BCUT2D eigenvalue weighted by Gasteiger charge is -2.47. The molecule has 1 amide bonds. The van der Waals surface area contributed by atoms with Crippen molar-refractivity contribution in [3.63, 3.8) is 0 Å². The first-order chi connectivity index (χ1) is 12.1. The van der Waals surface area contributed by atoms with Gasteiger partial charge in [-0.2, -0.15) is 0 Å². The fourth-order valence-corrected chi connectivity index (χ4v) is 4.33. The van der Waals surface area contributed by atoms with Gasteiger partial charge in [-0.15, -0.1) is 0 Å². The summed E-state index contributed by atoms with van der Waals surface area (Å²) in [6.07, 6.45) is 5.04. The van der Waals surface area contributed by atoms with Crippen LogP contribution in [0, 0.1) is 6.92 Å². The molecule has 136 valence electrons. The molecule has 25 heavy (non-hydrogen) atoms. The second-order valence-electron chi connectivity index (χ2n) is 7.80. The number of benzene rings is 1. The second-order valence-corrected chi connectivity index (χ2v) is 7.80. The first kappa shape index (κ1) is 16.9. The Morgan fingerprint density at radius 3 is 2.84 bits per heavy atom. The van der Waals surface area contributed by atoms with Crippen molar-refractivity contribution < 1.29 is 14.3 Å². The molecule has 3 aliphatic heterocycles. The van der Waals surface area contributed by atoms with Gasteiger partial charge in [0.25, 0.3) is 5.91 Å². The topological polar surface area (TPSA) is 42.0 Å². The predicted octanol–water partition coefficient (Wildman–Crippen LogP) is 2.23. The molecule has 0 radical (unpaired) electrons. The summed E-state index contributed by atoms with van der Waals surface area (Å²) in [5.74, 6) is 0.808. The number of ether oxygens (including phenoxy) is 2. The van der Waals surface area contributed by atoms with E-state index in [1.165, 1.54) is 32.4 Å². The zero-order chi connectivity index (χ0) is 17.3. The van der Waals surface area contributed by atoms with Gasteiger partial charge in [-0.25, -0.2) is 0 Å². The van der Waals surface area contributed by atoms with Crippen molar-refractivity contribution in [1.82, 2.24) is 9.80 Å². The number of carbonyl (C=O) groups is 1. The monoisotopic (exact) mass is 344 g/mol. The lowest BCUT2D eigenvalue weighted by Crippen LogP contribution is -2.64. The van der Waals surface area contributed by atoms with Crippen LogP contribution in [-0.4, -0.2) is 66.7 Å². The van der Waals surface area contributed by atoms with Gasteiger partial charge in [-0.1, -0.05) is 18.6 Å². The van der Waals surface area contributed by atoms with Gasteiger partial charge in [0.1, 0.15) is 11.4 Å². The van der Waals surface area contributed by atoms with E-state index in [1.807, 2.05) is 36.1 Å². The highest BCUT2D eigenvalue weighted by molar-refractivity contribution is 5.79. The van der Waals surface area contributed by atoms with Gasteiger partial charge in [-0.3, -0.25) is 9.69 Å². The van der Waals surface area contributed by atoms with E-state index >= 15 is 0 Å². The van der Waals surface area contributed by atoms with Gasteiger partial charge in [0, 0.05) is 6.04 Å². The van der Waals surface area contributed by atoms with Crippen LogP contribution in [0.2, 0.25) is 0 Å². The van der Waals surface area contributed by atoms with Crippen molar-refractivity contribution in [3.8, 4) is 5.75 Å². The Kier molecular flexibility index (Phi) is 4.69. The minimum Gasteiger partial charge on any atom is -0.484 e. The molecule has 0 aliphatic carbocycles. The molecule has 1 unspecified atom stereocenters. The van der Waals surface area contributed by atoms with Crippen LogP contribution in [0.3, 0.4) is 0 Å². The number of amides is 1. The molecule has 5 nitrogen and oxygen atoms in total. The zero-order valence-corrected chi connectivity index (χ0v) is 15.1. The van der Waals surface area contributed by atoms with Crippen LogP contribution in [0.1, 0.15) is 31.2 Å². The maximum absolute atomic E-state index is 12.3. The third kappa shape index (κ3) is 3.67. The highest BCUT2D eigenvalue weighted by Crippen LogP contribution is 2.37. The van der Waals surface area contributed by atoms with Crippen LogP contribution in [0.4, 0.5) is 0 Å². The minimum atomic E-state index is -0.0961. The van der Waals surface area contributed by atoms with Crippen molar-refractivity contribution >= 4 is 5.91 Å². The van der Waals surface area contributed by atoms with E-state index in [1.54, 1.807) is 0 Å². The Morgan fingerprint density at radius 1 is 1.28 bits per heavy atom. The first-order valence-corrected chi connectivity index (χ1v) is 9.49. The smallest absolute Gasteiger partial charge is 0.260 e. The van der Waals surface area contributed by atoms with Gasteiger partial charge in [-0.05, 0) is 57.0 Å². The fraction of sp³-hybridized carbons (Fsp3) is 0.650. The summed E-state index contributed by atoms with van der Waals surface area (Å²) >= 11 is 0. The Morgan fingerprint density at radius 2 is 2.08 bits per heavy atom. The number of rotatable bonds is 4. The number of carbonyl (C=O) groups excluding carboxylic acids is 1. The molecule has 0 bridgehead atoms. The van der Waals surface area contributed by atoms with Crippen molar-refractivity contribution in [2.24, 2.45) is 0 Å². The SMILES string of the molecule is Cc1cccc(OCC(=O)N2CC3(CC(N4CCCCC4)CO3)C2)c1. The van der Waals surface area contributed by atoms with Crippen molar-refractivity contribution in [2.45, 2.75) is 44.2 Å². The van der Waals surface area contributed by atoms with E-state index in [0.717, 1.165) is 24.3 Å². The van der Waals surface area contributed by atoms with E-state index in [9.17, 15) is 4.79 Å². The summed E-state index contributed by atoms with van der Waals surface area (Å²) in [4.78, 5) is 16.8. The predicted molar refractivity (Wildman–Crippen MR) is 95.8 cm³/mol. The molecule has 0 saturated carbocycles. The Bertz CT molecular complexity index is 621. The van der Waals surface area contributed by atoms with E-state index in [4.69, 9.17) is 9.47 Å². The van der Waals surface area contributed by atoms with Crippen LogP contribution < -0.4 is 4.74 Å².